The first-order chi connectivity index (χ1) is 32.2. The van der Waals surface area contributed by atoms with Crippen LogP contribution in [0.25, 0.3) is 99.9 Å². The van der Waals surface area contributed by atoms with Crippen molar-refractivity contribution in [3.63, 3.8) is 0 Å². The van der Waals surface area contributed by atoms with E-state index in [1.165, 1.54) is 76.8 Å². The number of benzene rings is 11. The highest BCUT2D eigenvalue weighted by molar-refractivity contribution is 6.25. The fourth-order valence-corrected chi connectivity index (χ4v) is 10.7. The number of nitrogens with zero attached hydrogens (tertiary/aromatic N) is 3. The lowest BCUT2D eigenvalue weighted by Gasteiger charge is -2.34. The minimum atomic E-state index is -0.652. The summed E-state index contributed by atoms with van der Waals surface area (Å²) >= 11 is 0. The molecule has 0 bridgehead atoms. The Kier molecular flexibility index (Phi) is 8.44. The standard InChI is InChI=1S/C62H39N3/c1-5-16-40(17-6-1)49-26-13-14-27-54(49)61-64-59(44-18-7-2-8-19-44)63-60(65-61)46-33-36-52-51-35-32-45(50-34-30-43-29-28-41-20-15-21-42-31-37-53(50)58(43)57(41)42)38-55(51)62(56(52)39-46,47-22-9-3-10-23-47)48-24-11-4-12-25-48/h1-39H. The number of rotatable bonds is 7. The molecule has 0 saturated carbocycles. The lowest BCUT2D eigenvalue weighted by Crippen LogP contribution is -2.28. The molecule has 3 nitrogen and oxygen atoms in total. The first-order valence-corrected chi connectivity index (χ1v) is 22.3. The van der Waals surface area contributed by atoms with Crippen LogP contribution >= 0.6 is 0 Å². The number of aromatic nitrogens is 3. The predicted molar refractivity (Wildman–Crippen MR) is 268 cm³/mol. The van der Waals surface area contributed by atoms with E-state index in [0.29, 0.717) is 17.5 Å². The third-order valence-corrected chi connectivity index (χ3v) is 13.6. The van der Waals surface area contributed by atoms with Gasteiger partial charge in [0.2, 0.25) is 0 Å². The van der Waals surface area contributed by atoms with Gasteiger partial charge in [-0.3, -0.25) is 0 Å². The second-order valence-corrected chi connectivity index (χ2v) is 17.1. The van der Waals surface area contributed by atoms with Gasteiger partial charge in [0, 0.05) is 16.7 Å². The molecule has 3 heteroatoms. The Bertz CT molecular complexity index is 3700. The van der Waals surface area contributed by atoms with Gasteiger partial charge in [-0.1, -0.05) is 224 Å². The molecule has 302 valence electrons. The van der Waals surface area contributed by atoms with Crippen LogP contribution in [0.3, 0.4) is 0 Å². The average molecular weight is 826 g/mol. The van der Waals surface area contributed by atoms with Gasteiger partial charge in [0.05, 0.1) is 5.41 Å². The van der Waals surface area contributed by atoms with Crippen LogP contribution in [0.1, 0.15) is 22.3 Å². The molecule has 0 radical (unpaired) electrons. The molecule has 13 rings (SSSR count). The first kappa shape index (κ1) is 37.1. The van der Waals surface area contributed by atoms with Gasteiger partial charge in [-0.15, -0.1) is 0 Å². The molecule has 0 amide bonds. The summed E-state index contributed by atoms with van der Waals surface area (Å²) in [7, 11) is 0. The molecule has 0 unspecified atom stereocenters. The Labute approximate surface area is 377 Å². The van der Waals surface area contributed by atoms with Crippen LogP contribution < -0.4 is 0 Å². The summed E-state index contributed by atoms with van der Waals surface area (Å²) in [5.41, 5.74) is 14.0. The first-order valence-electron chi connectivity index (χ1n) is 22.3. The SMILES string of the molecule is c1ccc(-c2nc(-c3ccc4c(c3)C(c3ccccc3)(c3ccccc3)c3cc(-c5ccc6ccc7cccc8ccc5c6c78)ccc3-4)nc(-c3ccccc3-c3ccccc3)n2)cc1. The minimum absolute atomic E-state index is 0.625. The van der Waals surface area contributed by atoms with E-state index in [2.05, 4.69) is 212 Å². The highest BCUT2D eigenvalue weighted by atomic mass is 15.0. The lowest BCUT2D eigenvalue weighted by atomic mass is 9.67. The van der Waals surface area contributed by atoms with Gasteiger partial charge in [-0.2, -0.15) is 0 Å². The summed E-state index contributed by atoms with van der Waals surface area (Å²) in [4.78, 5) is 15.8. The molecule has 1 aliphatic carbocycles. The molecule has 11 aromatic carbocycles. The third-order valence-electron chi connectivity index (χ3n) is 13.6. The number of hydrogen-bond donors (Lipinski definition) is 0. The Morgan fingerprint density at radius 3 is 1.37 bits per heavy atom. The van der Waals surface area contributed by atoms with Gasteiger partial charge in [-0.05, 0) is 100 Å². The van der Waals surface area contributed by atoms with E-state index < -0.39 is 5.41 Å². The topological polar surface area (TPSA) is 38.7 Å². The second-order valence-electron chi connectivity index (χ2n) is 17.1. The molecule has 0 fully saturated rings. The van der Waals surface area contributed by atoms with Crippen molar-refractivity contribution >= 4 is 32.3 Å². The Hall–Kier alpha value is -8.53. The molecular weight excluding hydrogens is 787 g/mol. The molecule has 0 N–H and O–H groups in total. The van der Waals surface area contributed by atoms with Crippen LogP contribution in [0.4, 0.5) is 0 Å². The molecule has 0 saturated heterocycles. The Morgan fingerprint density at radius 1 is 0.262 bits per heavy atom. The van der Waals surface area contributed by atoms with Crippen molar-refractivity contribution in [3.8, 4) is 67.5 Å². The Morgan fingerprint density at radius 2 is 0.723 bits per heavy atom. The van der Waals surface area contributed by atoms with Gasteiger partial charge in [-0.25, -0.2) is 15.0 Å². The molecule has 65 heavy (non-hydrogen) atoms. The maximum absolute atomic E-state index is 5.35. The minimum Gasteiger partial charge on any atom is -0.208 e. The van der Waals surface area contributed by atoms with Crippen molar-refractivity contribution in [2.75, 3.05) is 0 Å². The monoisotopic (exact) mass is 825 g/mol. The maximum atomic E-state index is 5.35. The lowest BCUT2D eigenvalue weighted by molar-refractivity contribution is 0.769. The second kappa shape index (κ2) is 14.8. The van der Waals surface area contributed by atoms with Gasteiger partial charge < -0.3 is 0 Å². The molecule has 12 aromatic rings. The fraction of sp³-hybridized carbons (Fsp3) is 0.0161. The largest absolute Gasteiger partial charge is 0.208 e. The maximum Gasteiger partial charge on any atom is 0.164 e. The van der Waals surface area contributed by atoms with Crippen LogP contribution in [0.2, 0.25) is 0 Å². The van der Waals surface area contributed by atoms with Gasteiger partial charge in [0.25, 0.3) is 0 Å². The van der Waals surface area contributed by atoms with Gasteiger partial charge in [0.1, 0.15) is 0 Å². The van der Waals surface area contributed by atoms with Crippen LogP contribution in [-0.4, -0.2) is 15.0 Å². The fourth-order valence-electron chi connectivity index (χ4n) is 10.7. The summed E-state index contributed by atoms with van der Waals surface area (Å²) in [6.07, 6.45) is 0. The molecule has 0 spiro atoms. The summed E-state index contributed by atoms with van der Waals surface area (Å²) in [6.45, 7) is 0. The molecule has 1 aromatic heterocycles. The van der Waals surface area contributed by atoms with Crippen LogP contribution in [-0.2, 0) is 5.41 Å². The highest BCUT2D eigenvalue weighted by Gasteiger charge is 2.46. The van der Waals surface area contributed by atoms with Crippen LogP contribution in [0.15, 0.2) is 237 Å². The predicted octanol–water partition coefficient (Wildman–Crippen LogP) is 15.5. The van der Waals surface area contributed by atoms with Crippen molar-refractivity contribution < 1.29 is 0 Å². The third kappa shape index (κ3) is 5.79. The average Bonchev–Trinajstić information content (AvgIpc) is 3.68. The summed E-state index contributed by atoms with van der Waals surface area (Å²) in [6, 6.07) is 85.5. The zero-order valence-electron chi connectivity index (χ0n) is 35.4. The zero-order chi connectivity index (χ0) is 42.9. The molecule has 1 aliphatic rings. The van der Waals surface area contributed by atoms with E-state index in [1.807, 2.05) is 24.3 Å². The normalized spacial score (nSPS) is 12.7. The smallest absolute Gasteiger partial charge is 0.164 e. The van der Waals surface area contributed by atoms with Crippen molar-refractivity contribution in [1.82, 2.24) is 15.0 Å². The van der Waals surface area contributed by atoms with Crippen molar-refractivity contribution in [2.45, 2.75) is 5.41 Å². The van der Waals surface area contributed by atoms with Crippen molar-refractivity contribution in [1.29, 1.82) is 0 Å². The number of hydrogen-bond acceptors (Lipinski definition) is 3. The molecule has 1 heterocycles. The highest BCUT2D eigenvalue weighted by Crippen LogP contribution is 2.57. The summed E-state index contributed by atoms with van der Waals surface area (Å²) in [5.74, 6) is 1.89. The summed E-state index contributed by atoms with van der Waals surface area (Å²) < 4.78 is 0. The van der Waals surface area contributed by atoms with Crippen LogP contribution in [0, 0.1) is 0 Å². The van der Waals surface area contributed by atoms with E-state index in [0.717, 1.165) is 27.8 Å². The van der Waals surface area contributed by atoms with E-state index >= 15 is 0 Å². The zero-order valence-corrected chi connectivity index (χ0v) is 35.4. The number of fused-ring (bicyclic) bond motifs is 3. The van der Waals surface area contributed by atoms with Gasteiger partial charge in [0.15, 0.2) is 17.5 Å². The van der Waals surface area contributed by atoms with E-state index in [4.69, 9.17) is 15.0 Å². The van der Waals surface area contributed by atoms with Crippen LogP contribution in [0.5, 0.6) is 0 Å². The van der Waals surface area contributed by atoms with Crippen molar-refractivity contribution in [2.24, 2.45) is 0 Å². The molecule has 0 atom stereocenters. The van der Waals surface area contributed by atoms with E-state index in [1.54, 1.807) is 0 Å². The van der Waals surface area contributed by atoms with E-state index in [-0.39, 0.29) is 0 Å². The Balaban J connectivity index is 1.05. The van der Waals surface area contributed by atoms with Gasteiger partial charge >= 0.3 is 0 Å². The van der Waals surface area contributed by atoms with Crippen molar-refractivity contribution in [3.05, 3.63) is 259 Å². The summed E-state index contributed by atoms with van der Waals surface area (Å²) in [5, 5.41) is 7.72. The molecular formula is C62H39N3. The van der Waals surface area contributed by atoms with E-state index in [9.17, 15) is 0 Å². The molecule has 0 aliphatic heterocycles. The quantitative estimate of drug-likeness (QED) is 0.150.